The molecular weight excluding hydrogens is 460 g/mol. The number of ether oxygens (including phenoxy) is 4. The van der Waals surface area contributed by atoms with Crippen molar-refractivity contribution in [3.05, 3.63) is 23.3 Å². The Morgan fingerprint density at radius 2 is 1.69 bits per heavy atom. The molecule has 2 heterocycles. The maximum atomic E-state index is 13.0. The molecule has 8 heteroatoms. The van der Waals surface area contributed by atoms with Crippen LogP contribution in [0.1, 0.15) is 98.6 Å². The third kappa shape index (κ3) is 5.01. The summed E-state index contributed by atoms with van der Waals surface area (Å²) in [4.78, 5) is 25.0. The predicted molar refractivity (Wildman–Crippen MR) is 136 cm³/mol. The van der Waals surface area contributed by atoms with Gasteiger partial charge in [-0.05, 0) is 58.1 Å². The van der Waals surface area contributed by atoms with Crippen LogP contribution in [0, 0.1) is 5.41 Å². The summed E-state index contributed by atoms with van der Waals surface area (Å²) in [5.74, 6) is 0.658. The molecule has 36 heavy (non-hydrogen) atoms. The van der Waals surface area contributed by atoms with E-state index >= 15 is 0 Å². The van der Waals surface area contributed by atoms with Crippen LogP contribution in [0.15, 0.2) is 12.1 Å². The van der Waals surface area contributed by atoms with Crippen LogP contribution in [0.25, 0.3) is 0 Å². The van der Waals surface area contributed by atoms with Gasteiger partial charge >= 0.3 is 6.09 Å². The van der Waals surface area contributed by atoms with Crippen molar-refractivity contribution in [2.45, 2.75) is 117 Å². The minimum atomic E-state index is -1.23. The Kier molecular flexibility index (Phi) is 6.51. The Bertz CT molecular complexity index is 1030. The van der Waals surface area contributed by atoms with E-state index in [-0.39, 0.29) is 12.5 Å². The van der Waals surface area contributed by atoms with Crippen molar-refractivity contribution in [2.24, 2.45) is 5.41 Å². The van der Waals surface area contributed by atoms with Crippen molar-refractivity contribution in [1.82, 2.24) is 10.6 Å². The van der Waals surface area contributed by atoms with Crippen molar-refractivity contribution >= 4 is 12.0 Å². The van der Waals surface area contributed by atoms with Crippen LogP contribution in [-0.2, 0) is 26.4 Å². The van der Waals surface area contributed by atoms with Crippen LogP contribution < -0.4 is 20.1 Å². The van der Waals surface area contributed by atoms with E-state index in [9.17, 15) is 9.59 Å². The Morgan fingerprint density at radius 3 is 2.28 bits per heavy atom. The summed E-state index contributed by atoms with van der Waals surface area (Å²) in [7, 11) is 0. The fourth-order valence-electron chi connectivity index (χ4n) is 5.53. The predicted octanol–water partition coefficient (Wildman–Crippen LogP) is 5.31. The molecule has 1 saturated carbocycles. The van der Waals surface area contributed by atoms with E-state index in [4.69, 9.17) is 18.9 Å². The van der Waals surface area contributed by atoms with E-state index in [0.717, 1.165) is 42.6 Å². The average molecular weight is 503 g/mol. The number of amides is 2. The zero-order valence-corrected chi connectivity index (χ0v) is 23.1. The fraction of sp³-hybridized carbons (Fsp3) is 0.714. The summed E-state index contributed by atoms with van der Waals surface area (Å²) in [5, 5.41) is 5.96. The molecular formula is C28H42N2O6. The SMILES string of the molecule is CC(=O)NCC1(C(C)(C)C)Cc2c(ccc3c2OC2(CCCCC2)O3)C(C)(NC(=O)OC(C)(C)C)O1. The molecule has 8 nitrogen and oxygen atoms in total. The monoisotopic (exact) mass is 502 g/mol. The van der Waals surface area contributed by atoms with Crippen LogP contribution >= 0.6 is 0 Å². The Morgan fingerprint density at radius 1 is 1.03 bits per heavy atom. The van der Waals surface area contributed by atoms with E-state index in [0.29, 0.717) is 12.2 Å². The Balaban J connectivity index is 1.82. The molecule has 200 valence electrons. The zero-order valence-electron chi connectivity index (χ0n) is 23.1. The van der Waals surface area contributed by atoms with Crippen molar-refractivity contribution < 1.29 is 28.5 Å². The van der Waals surface area contributed by atoms with Crippen molar-refractivity contribution in [1.29, 1.82) is 0 Å². The van der Waals surface area contributed by atoms with E-state index < -0.39 is 34.2 Å². The average Bonchev–Trinajstić information content (AvgIpc) is 3.08. The molecule has 2 N–H and O–H groups in total. The van der Waals surface area contributed by atoms with Crippen molar-refractivity contribution in [3.63, 3.8) is 0 Å². The van der Waals surface area contributed by atoms with Crippen LogP contribution in [0.3, 0.4) is 0 Å². The number of rotatable bonds is 3. The first-order chi connectivity index (χ1) is 16.6. The summed E-state index contributed by atoms with van der Waals surface area (Å²) in [6.07, 6.45) is 4.89. The highest BCUT2D eigenvalue weighted by atomic mass is 16.7. The maximum absolute atomic E-state index is 13.0. The minimum absolute atomic E-state index is 0.145. The molecule has 1 fully saturated rings. The third-order valence-corrected chi connectivity index (χ3v) is 7.53. The largest absolute Gasteiger partial charge is 0.448 e. The molecule has 0 bridgehead atoms. The summed E-state index contributed by atoms with van der Waals surface area (Å²) in [6, 6.07) is 3.86. The molecule has 1 aliphatic carbocycles. The highest BCUT2D eigenvalue weighted by molar-refractivity contribution is 5.73. The van der Waals surface area contributed by atoms with Gasteiger partial charge in [0.2, 0.25) is 5.91 Å². The number of fused-ring (bicyclic) bond motifs is 3. The lowest BCUT2D eigenvalue weighted by Gasteiger charge is -2.53. The summed E-state index contributed by atoms with van der Waals surface area (Å²) < 4.78 is 25.5. The molecule has 4 rings (SSSR count). The van der Waals surface area contributed by atoms with E-state index in [1.54, 1.807) is 0 Å². The Hall–Kier alpha value is -2.48. The summed E-state index contributed by atoms with van der Waals surface area (Å²) in [6.45, 7) is 15.3. The maximum Gasteiger partial charge on any atom is 0.410 e. The van der Waals surface area contributed by atoms with Gasteiger partial charge in [-0.25, -0.2) is 4.79 Å². The van der Waals surface area contributed by atoms with Gasteiger partial charge in [0.05, 0.1) is 5.60 Å². The van der Waals surface area contributed by atoms with Crippen molar-refractivity contribution in [3.8, 4) is 11.5 Å². The smallest absolute Gasteiger partial charge is 0.410 e. The number of hydrogen-bond acceptors (Lipinski definition) is 6. The van der Waals surface area contributed by atoms with E-state index in [2.05, 4.69) is 31.4 Å². The molecule has 1 spiro atoms. The normalized spacial score (nSPS) is 26.8. The molecule has 0 aromatic heterocycles. The lowest BCUT2D eigenvalue weighted by Crippen LogP contribution is -2.64. The lowest BCUT2D eigenvalue weighted by atomic mass is 9.69. The number of alkyl carbamates (subject to hydrolysis) is 1. The van der Waals surface area contributed by atoms with Gasteiger partial charge in [0, 0.05) is 43.9 Å². The fourth-order valence-corrected chi connectivity index (χ4v) is 5.53. The molecule has 1 aromatic rings. The summed E-state index contributed by atoms with van der Waals surface area (Å²) >= 11 is 0. The number of nitrogens with one attached hydrogen (secondary N) is 2. The minimum Gasteiger partial charge on any atom is -0.448 e. The standard InChI is InChI=1S/C28H42N2O6/c1-18(31)29-17-27(24(2,3)4)16-19-20(26(8,36-27)30-23(32)35-25(5,6)7)12-13-21-22(19)34-28(33-21)14-10-9-11-15-28/h12-13H,9-11,14-17H2,1-8H3,(H,29,31)(H,30,32). The molecule has 2 atom stereocenters. The third-order valence-electron chi connectivity index (χ3n) is 7.53. The lowest BCUT2D eigenvalue weighted by molar-refractivity contribution is -0.219. The number of carbonyl (C=O) groups excluding carboxylic acids is 2. The van der Waals surface area contributed by atoms with Gasteiger partial charge in [-0.2, -0.15) is 0 Å². The quantitative estimate of drug-likeness (QED) is 0.582. The first kappa shape index (κ1) is 26.6. The molecule has 2 amide bonds. The van der Waals surface area contributed by atoms with Crippen LogP contribution in [0.2, 0.25) is 0 Å². The van der Waals surface area contributed by atoms with Gasteiger partial charge in [0.15, 0.2) is 17.2 Å². The molecule has 2 unspecified atom stereocenters. The van der Waals surface area contributed by atoms with E-state index in [1.165, 1.54) is 13.3 Å². The highest BCUT2D eigenvalue weighted by Gasteiger charge is 2.56. The van der Waals surface area contributed by atoms with Gasteiger partial charge in [-0.1, -0.05) is 27.2 Å². The van der Waals surface area contributed by atoms with Gasteiger partial charge in [-0.3, -0.25) is 10.1 Å². The van der Waals surface area contributed by atoms with E-state index in [1.807, 2.05) is 39.8 Å². The summed E-state index contributed by atoms with van der Waals surface area (Å²) in [5.41, 5.74) is -1.43. The molecule has 2 aliphatic heterocycles. The van der Waals surface area contributed by atoms with Gasteiger partial charge < -0.3 is 24.3 Å². The molecule has 1 aromatic carbocycles. The first-order valence-corrected chi connectivity index (χ1v) is 13.1. The van der Waals surface area contributed by atoms with Crippen LogP contribution in [-0.4, -0.2) is 35.5 Å². The number of hydrogen-bond donors (Lipinski definition) is 2. The van der Waals surface area contributed by atoms with Crippen LogP contribution in [0.4, 0.5) is 4.79 Å². The number of carbonyl (C=O) groups is 2. The second-order valence-electron chi connectivity index (χ2n) is 12.7. The van der Waals surface area contributed by atoms with Gasteiger partial charge in [-0.15, -0.1) is 0 Å². The highest BCUT2D eigenvalue weighted by Crippen LogP contribution is 2.55. The molecule has 0 radical (unpaired) electrons. The van der Waals surface area contributed by atoms with Crippen molar-refractivity contribution in [2.75, 3.05) is 6.54 Å². The second-order valence-corrected chi connectivity index (χ2v) is 12.7. The molecule has 3 aliphatic rings. The molecule has 0 saturated heterocycles. The Labute approximate surface area is 214 Å². The second kappa shape index (κ2) is 8.82. The zero-order chi connectivity index (χ0) is 26.6. The van der Waals surface area contributed by atoms with Gasteiger partial charge in [0.25, 0.3) is 5.79 Å². The first-order valence-electron chi connectivity index (χ1n) is 13.1. The topological polar surface area (TPSA) is 95.1 Å². The van der Waals surface area contributed by atoms with Gasteiger partial charge in [0.1, 0.15) is 5.60 Å². The number of benzene rings is 1. The van der Waals surface area contributed by atoms with Crippen LogP contribution in [0.5, 0.6) is 11.5 Å².